The van der Waals surface area contributed by atoms with Gasteiger partial charge in [0, 0.05) is 24.0 Å². The third kappa shape index (κ3) is 1.97. The number of nitrogens with one attached hydrogen (secondary N) is 1. The van der Waals surface area contributed by atoms with Crippen LogP contribution in [-0.2, 0) is 14.3 Å². The van der Waals surface area contributed by atoms with Gasteiger partial charge in [-0.1, -0.05) is 20.8 Å². The molecule has 0 aromatic rings. The number of esters is 1. The van der Waals surface area contributed by atoms with Gasteiger partial charge in [0.25, 0.3) is 0 Å². The van der Waals surface area contributed by atoms with Crippen LogP contribution in [0.2, 0.25) is 0 Å². The Kier molecular flexibility index (Phi) is 3.46. The molecule has 4 nitrogen and oxygen atoms in total. The van der Waals surface area contributed by atoms with Crippen LogP contribution in [0.3, 0.4) is 0 Å². The molecule has 0 bridgehead atoms. The molecule has 1 heterocycles. The summed E-state index contributed by atoms with van der Waals surface area (Å²) >= 11 is 0. The zero-order chi connectivity index (χ0) is 12.6. The average molecular weight is 241 g/mol. The van der Waals surface area contributed by atoms with Crippen molar-refractivity contribution in [1.29, 1.82) is 0 Å². The maximum absolute atomic E-state index is 11.6. The number of hydrogen-bond donors (Lipinski definition) is 1. The molecule has 0 spiro atoms. The molecular weight excluding hydrogens is 218 g/mol. The topological polar surface area (TPSA) is 47.6 Å². The van der Waals surface area contributed by atoms with E-state index in [-0.39, 0.29) is 17.4 Å². The number of methoxy groups -OCH3 is 1. The van der Waals surface area contributed by atoms with Crippen LogP contribution in [0.4, 0.5) is 0 Å². The Morgan fingerprint density at radius 3 is 2.88 bits per heavy atom. The molecule has 1 saturated heterocycles. The van der Waals surface area contributed by atoms with E-state index in [0.29, 0.717) is 18.1 Å². The molecule has 1 saturated carbocycles. The van der Waals surface area contributed by atoms with Gasteiger partial charge in [0.2, 0.25) is 0 Å². The molecule has 2 rings (SSSR count). The van der Waals surface area contributed by atoms with E-state index in [9.17, 15) is 4.79 Å². The Balaban J connectivity index is 2.01. The van der Waals surface area contributed by atoms with Crippen molar-refractivity contribution in [3.05, 3.63) is 0 Å². The Bertz CT molecular complexity index is 303. The summed E-state index contributed by atoms with van der Waals surface area (Å²) in [6.07, 6.45) is 2.22. The molecule has 17 heavy (non-hydrogen) atoms. The standard InChI is InChI=1S/C13H23NO3/c1-5-9(12(15)16-4)14-10-8-6-7-17-11(8)13(10,2)3/h8-11,14H,5-7H2,1-4H3/t8-,9-,10+,11-/m0/s1. The monoisotopic (exact) mass is 241 g/mol. The zero-order valence-electron chi connectivity index (χ0n) is 11.2. The van der Waals surface area contributed by atoms with Crippen LogP contribution in [0.1, 0.15) is 33.6 Å². The second kappa shape index (κ2) is 4.58. The normalized spacial score (nSPS) is 35.9. The van der Waals surface area contributed by atoms with E-state index >= 15 is 0 Å². The van der Waals surface area contributed by atoms with Gasteiger partial charge in [-0.25, -0.2) is 0 Å². The van der Waals surface area contributed by atoms with Crippen molar-refractivity contribution in [3.63, 3.8) is 0 Å². The molecule has 0 aromatic carbocycles. The van der Waals surface area contributed by atoms with E-state index in [1.807, 2.05) is 6.92 Å². The highest BCUT2D eigenvalue weighted by molar-refractivity contribution is 5.75. The summed E-state index contributed by atoms with van der Waals surface area (Å²) < 4.78 is 10.6. The van der Waals surface area contributed by atoms with Crippen molar-refractivity contribution in [2.24, 2.45) is 11.3 Å². The van der Waals surface area contributed by atoms with Gasteiger partial charge >= 0.3 is 5.97 Å². The van der Waals surface area contributed by atoms with Gasteiger partial charge in [-0.05, 0) is 12.8 Å². The fourth-order valence-electron chi connectivity index (χ4n) is 3.37. The van der Waals surface area contributed by atoms with Gasteiger partial charge in [-0.3, -0.25) is 4.79 Å². The van der Waals surface area contributed by atoms with E-state index in [1.54, 1.807) is 0 Å². The molecule has 1 aliphatic carbocycles. The Morgan fingerprint density at radius 1 is 1.59 bits per heavy atom. The maximum atomic E-state index is 11.6. The van der Waals surface area contributed by atoms with Gasteiger partial charge in [0.1, 0.15) is 6.04 Å². The van der Waals surface area contributed by atoms with E-state index in [0.717, 1.165) is 19.4 Å². The number of rotatable bonds is 4. The number of ether oxygens (including phenoxy) is 2. The molecule has 2 aliphatic rings. The second-order valence-electron chi connectivity index (χ2n) is 5.69. The summed E-state index contributed by atoms with van der Waals surface area (Å²) in [5.74, 6) is 0.398. The highest BCUT2D eigenvalue weighted by Crippen LogP contribution is 2.52. The lowest BCUT2D eigenvalue weighted by Crippen LogP contribution is -2.68. The maximum Gasteiger partial charge on any atom is 0.322 e. The van der Waals surface area contributed by atoms with Crippen molar-refractivity contribution in [1.82, 2.24) is 5.32 Å². The fraction of sp³-hybridized carbons (Fsp3) is 0.923. The lowest BCUT2D eigenvalue weighted by atomic mass is 9.57. The van der Waals surface area contributed by atoms with Crippen LogP contribution < -0.4 is 5.32 Å². The van der Waals surface area contributed by atoms with Crippen LogP contribution in [0.15, 0.2) is 0 Å². The van der Waals surface area contributed by atoms with Gasteiger partial charge in [0.15, 0.2) is 0 Å². The molecule has 0 aromatic heterocycles. The molecule has 2 fully saturated rings. The summed E-state index contributed by atoms with van der Waals surface area (Å²) in [7, 11) is 1.44. The molecule has 4 heteroatoms. The van der Waals surface area contributed by atoms with Crippen LogP contribution in [-0.4, -0.2) is 37.9 Å². The SMILES string of the molecule is CC[C@H](N[C@@H]1[C@@H]2CCO[C@@H]2C1(C)C)C(=O)OC. The number of fused-ring (bicyclic) bond motifs is 1. The quantitative estimate of drug-likeness (QED) is 0.755. The van der Waals surface area contributed by atoms with E-state index in [4.69, 9.17) is 9.47 Å². The van der Waals surface area contributed by atoms with Crippen LogP contribution in [0.5, 0.6) is 0 Å². The minimum Gasteiger partial charge on any atom is -0.468 e. The van der Waals surface area contributed by atoms with Gasteiger partial charge in [-0.15, -0.1) is 0 Å². The lowest BCUT2D eigenvalue weighted by molar-refractivity contribution is -0.148. The lowest BCUT2D eigenvalue weighted by Gasteiger charge is -2.55. The van der Waals surface area contributed by atoms with Crippen molar-refractivity contribution < 1.29 is 14.3 Å². The summed E-state index contributed by atoms with van der Waals surface area (Å²) in [4.78, 5) is 11.6. The first-order valence-electron chi connectivity index (χ1n) is 6.47. The first-order valence-corrected chi connectivity index (χ1v) is 6.47. The molecule has 98 valence electrons. The summed E-state index contributed by atoms with van der Waals surface area (Å²) in [6, 6.07) is 0.171. The van der Waals surface area contributed by atoms with E-state index < -0.39 is 0 Å². The van der Waals surface area contributed by atoms with Crippen LogP contribution in [0, 0.1) is 11.3 Å². The largest absolute Gasteiger partial charge is 0.468 e. The summed E-state index contributed by atoms with van der Waals surface area (Å²) in [5, 5.41) is 3.46. The Hall–Kier alpha value is -0.610. The van der Waals surface area contributed by atoms with E-state index in [2.05, 4.69) is 19.2 Å². The Morgan fingerprint density at radius 2 is 2.29 bits per heavy atom. The molecule has 4 atom stereocenters. The molecule has 0 unspecified atom stereocenters. The summed E-state index contributed by atoms with van der Waals surface area (Å²) in [6.45, 7) is 7.27. The van der Waals surface area contributed by atoms with Gasteiger partial charge in [0.05, 0.1) is 13.2 Å². The Labute approximate surface area is 103 Å². The molecular formula is C13H23NO3. The van der Waals surface area contributed by atoms with Gasteiger partial charge in [-0.2, -0.15) is 0 Å². The summed E-state index contributed by atoms with van der Waals surface area (Å²) in [5.41, 5.74) is 0.114. The molecule has 0 amide bonds. The minimum atomic E-state index is -0.189. The average Bonchev–Trinajstić information content (AvgIpc) is 2.76. The number of carbonyl (C=O) groups excluding carboxylic acids is 1. The first-order chi connectivity index (χ1) is 8.02. The number of carbonyl (C=O) groups is 1. The van der Waals surface area contributed by atoms with Crippen molar-refractivity contribution in [2.45, 2.75) is 51.8 Å². The highest BCUT2D eigenvalue weighted by Gasteiger charge is 2.59. The van der Waals surface area contributed by atoms with Crippen LogP contribution >= 0.6 is 0 Å². The fourth-order valence-corrected chi connectivity index (χ4v) is 3.37. The third-order valence-electron chi connectivity index (χ3n) is 4.38. The van der Waals surface area contributed by atoms with Gasteiger partial charge < -0.3 is 14.8 Å². The minimum absolute atomic E-state index is 0.114. The second-order valence-corrected chi connectivity index (χ2v) is 5.69. The first kappa shape index (κ1) is 12.8. The third-order valence-corrected chi connectivity index (χ3v) is 4.38. The molecule has 1 aliphatic heterocycles. The van der Waals surface area contributed by atoms with Crippen molar-refractivity contribution in [2.75, 3.05) is 13.7 Å². The highest BCUT2D eigenvalue weighted by atomic mass is 16.5. The van der Waals surface area contributed by atoms with E-state index in [1.165, 1.54) is 7.11 Å². The predicted octanol–water partition coefficient (Wildman–Crippen LogP) is 1.34. The van der Waals surface area contributed by atoms with Crippen molar-refractivity contribution in [3.8, 4) is 0 Å². The molecule has 1 N–H and O–H groups in total. The number of hydrogen-bond acceptors (Lipinski definition) is 4. The predicted molar refractivity (Wildman–Crippen MR) is 64.6 cm³/mol. The smallest absolute Gasteiger partial charge is 0.322 e. The van der Waals surface area contributed by atoms with Crippen molar-refractivity contribution >= 4 is 5.97 Å². The van der Waals surface area contributed by atoms with Crippen LogP contribution in [0.25, 0.3) is 0 Å². The molecule has 0 radical (unpaired) electrons. The zero-order valence-corrected chi connectivity index (χ0v) is 11.2.